The molecule has 2 aromatic rings. The summed E-state index contributed by atoms with van der Waals surface area (Å²) in [6, 6.07) is 8.14. The largest absolute Gasteiger partial charge is 0.503 e. The molecule has 1 saturated heterocycles. The molecule has 2 amide bonds. The van der Waals surface area contributed by atoms with Crippen molar-refractivity contribution in [2.24, 2.45) is 0 Å². The Hall–Kier alpha value is -1.48. The molecule has 27 heavy (non-hydrogen) atoms. The lowest BCUT2D eigenvalue weighted by atomic mass is 10.1. The van der Waals surface area contributed by atoms with Gasteiger partial charge in [0.05, 0.1) is 21.7 Å². The van der Waals surface area contributed by atoms with E-state index in [4.69, 9.17) is 16.3 Å². The molecule has 0 bridgehead atoms. The van der Waals surface area contributed by atoms with Gasteiger partial charge in [0.25, 0.3) is 11.1 Å². The van der Waals surface area contributed by atoms with Crippen LogP contribution in [0.4, 0.5) is 10.5 Å². The Morgan fingerprint density at radius 3 is 2.67 bits per heavy atom. The van der Waals surface area contributed by atoms with E-state index in [0.29, 0.717) is 31.8 Å². The van der Waals surface area contributed by atoms with Crippen molar-refractivity contribution in [1.29, 1.82) is 0 Å². The van der Waals surface area contributed by atoms with E-state index in [1.54, 1.807) is 43.3 Å². The molecule has 140 valence electrons. The van der Waals surface area contributed by atoms with Crippen LogP contribution in [0.2, 0.25) is 5.02 Å². The molecule has 2 aromatic carbocycles. The molecule has 1 fully saturated rings. The highest BCUT2D eigenvalue weighted by molar-refractivity contribution is 9.13. The predicted octanol–water partition coefficient (Wildman–Crippen LogP) is 6.21. The SMILES string of the molecule is CCOc1cc(/C=C2/SC(=O)N(c3cccc(Cl)c3)C2=O)c(Br)c(Br)c1O. The van der Waals surface area contributed by atoms with Crippen LogP contribution in [0.3, 0.4) is 0 Å². The number of carbonyl (C=O) groups excluding carboxylic acids is 2. The Morgan fingerprint density at radius 2 is 2.00 bits per heavy atom. The van der Waals surface area contributed by atoms with Crippen molar-refractivity contribution in [1.82, 2.24) is 0 Å². The third-order valence-corrected chi connectivity index (χ3v) is 6.88. The van der Waals surface area contributed by atoms with Crippen LogP contribution in [-0.2, 0) is 4.79 Å². The van der Waals surface area contributed by atoms with Gasteiger partial charge >= 0.3 is 0 Å². The third kappa shape index (κ3) is 4.03. The van der Waals surface area contributed by atoms with E-state index >= 15 is 0 Å². The minimum Gasteiger partial charge on any atom is -0.503 e. The first-order chi connectivity index (χ1) is 12.8. The van der Waals surface area contributed by atoms with Gasteiger partial charge in [0.15, 0.2) is 11.5 Å². The number of imide groups is 1. The second-order valence-corrected chi connectivity index (χ2v) is 8.39. The van der Waals surface area contributed by atoms with Crippen molar-refractivity contribution in [3.8, 4) is 11.5 Å². The maximum Gasteiger partial charge on any atom is 0.298 e. The van der Waals surface area contributed by atoms with E-state index in [0.717, 1.165) is 16.7 Å². The molecule has 0 spiro atoms. The average molecular weight is 534 g/mol. The van der Waals surface area contributed by atoms with Gasteiger partial charge in [-0.25, -0.2) is 4.90 Å². The summed E-state index contributed by atoms with van der Waals surface area (Å²) in [6.07, 6.45) is 1.58. The van der Waals surface area contributed by atoms with Crippen LogP contribution in [0.15, 0.2) is 44.2 Å². The monoisotopic (exact) mass is 531 g/mol. The first-order valence-corrected chi connectivity index (χ1v) is 10.5. The third-order valence-electron chi connectivity index (χ3n) is 3.62. The number of rotatable bonds is 4. The number of hydrogen-bond acceptors (Lipinski definition) is 5. The standard InChI is InChI=1S/C18H12Br2ClNO4S/c1-2-26-12-6-9(14(19)15(20)16(12)23)7-13-17(24)22(18(25)27-13)11-5-3-4-10(21)8-11/h3-8,23H,2H2,1H3/b13-7+. The van der Waals surface area contributed by atoms with Crippen LogP contribution in [0.25, 0.3) is 6.08 Å². The highest BCUT2D eigenvalue weighted by atomic mass is 79.9. The van der Waals surface area contributed by atoms with E-state index in [2.05, 4.69) is 31.9 Å². The molecule has 1 N–H and O–H groups in total. The van der Waals surface area contributed by atoms with Gasteiger partial charge in [0.2, 0.25) is 0 Å². The van der Waals surface area contributed by atoms with Crippen molar-refractivity contribution < 1.29 is 19.4 Å². The van der Waals surface area contributed by atoms with E-state index in [1.807, 2.05) is 0 Å². The molecule has 0 atom stereocenters. The van der Waals surface area contributed by atoms with Crippen LogP contribution in [0, 0.1) is 0 Å². The maximum atomic E-state index is 12.8. The predicted molar refractivity (Wildman–Crippen MR) is 115 cm³/mol. The van der Waals surface area contributed by atoms with Crippen LogP contribution in [0.5, 0.6) is 11.5 Å². The van der Waals surface area contributed by atoms with Crippen LogP contribution < -0.4 is 9.64 Å². The molecule has 0 unspecified atom stereocenters. The van der Waals surface area contributed by atoms with Crippen molar-refractivity contribution in [2.75, 3.05) is 11.5 Å². The number of ether oxygens (including phenoxy) is 1. The lowest BCUT2D eigenvalue weighted by molar-refractivity contribution is -0.113. The fraction of sp³-hybridized carbons (Fsp3) is 0.111. The molecule has 1 aliphatic rings. The van der Waals surface area contributed by atoms with Gasteiger partial charge in [-0.3, -0.25) is 9.59 Å². The van der Waals surface area contributed by atoms with E-state index in [9.17, 15) is 14.7 Å². The summed E-state index contributed by atoms with van der Waals surface area (Å²) in [5.41, 5.74) is 0.995. The van der Waals surface area contributed by atoms with Gasteiger partial charge in [0.1, 0.15) is 0 Å². The minimum absolute atomic E-state index is 0.0482. The number of carbonyl (C=O) groups is 2. The van der Waals surface area contributed by atoms with Gasteiger partial charge in [-0.05, 0) is 86.5 Å². The number of phenols is 1. The number of aromatic hydroxyl groups is 1. The van der Waals surface area contributed by atoms with Crippen LogP contribution in [-0.4, -0.2) is 22.9 Å². The van der Waals surface area contributed by atoms with Crippen molar-refractivity contribution in [2.45, 2.75) is 6.92 Å². The molecule has 5 nitrogen and oxygen atoms in total. The summed E-state index contributed by atoms with van der Waals surface area (Å²) in [7, 11) is 0. The molecular weight excluding hydrogens is 522 g/mol. The Morgan fingerprint density at radius 1 is 1.26 bits per heavy atom. The molecule has 0 aromatic heterocycles. The molecule has 0 radical (unpaired) electrons. The average Bonchev–Trinajstić information content (AvgIpc) is 2.91. The summed E-state index contributed by atoms with van der Waals surface area (Å²) >= 11 is 13.5. The molecule has 1 heterocycles. The van der Waals surface area contributed by atoms with Gasteiger partial charge in [0, 0.05) is 9.50 Å². The molecular formula is C18H12Br2ClNO4S. The normalized spacial score (nSPS) is 15.7. The second-order valence-electron chi connectivity index (χ2n) is 5.37. The summed E-state index contributed by atoms with van der Waals surface area (Å²) in [5.74, 6) is -0.220. The number of amides is 2. The second kappa shape index (κ2) is 8.26. The summed E-state index contributed by atoms with van der Waals surface area (Å²) < 4.78 is 6.35. The molecule has 0 saturated carbocycles. The minimum atomic E-state index is -0.443. The van der Waals surface area contributed by atoms with Crippen molar-refractivity contribution >= 4 is 78.1 Å². The molecule has 1 aliphatic heterocycles. The highest BCUT2D eigenvalue weighted by Crippen LogP contribution is 2.44. The fourth-order valence-electron chi connectivity index (χ4n) is 2.43. The Kier molecular flexibility index (Phi) is 6.20. The fourth-order valence-corrected chi connectivity index (χ4v) is 4.29. The van der Waals surface area contributed by atoms with Crippen LogP contribution in [0.1, 0.15) is 12.5 Å². The zero-order valence-corrected chi connectivity index (χ0v) is 18.6. The van der Waals surface area contributed by atoms with Gasteiger partial charge in [-0.15, -0.1) is 0 Å². The molecule has 3 rings (SSSR count). The highest BCUT2D eigenvalue weighted by Gasteiger charge is 2.36. The number of halogens is 3. The topological polar surface area (TPSA) is 66.8 Å². The zero-order chi connectivity index (χ0) is 19.7. The van der Waals surface area contributed by atoms with E-state index < -0.39 is 11.1 Å². The number of hydrogen-bond donors (Lipinski definition) is 1. The van der Waals surface area contributed by atoms with Gasteiger partial charge in [-0.2, -0.15) is 0 Å². The maximum absolute atomic E-state index is 12.8. The molecule has 0 aliphatic carbocycles. The quantitative estimate of drug-likeness (QED) is 0.474. The lowest BCUT2D eigenvalue weighted by Gasteiger charge is -2.13. The first kappa shape index (κ1) is 20.3. The smallest absolute Gasteiger partial charge is 0.298 e. The van der Waals surface area contributed by atoms with E-state index in [-0.39, 0.29) is 16.4 Å². The van der Waals surface area contributed by atoms with Crippen molar-refractivity contribution in [3.05, 3.63) is 54.8 Å². The van der Waals surface area contributed by atoms with E-state index in [1.165, 1.54) is 0 Å². The Bertz CT molecular complexity index is 980. The number of nitrogens with zero attached hydrogens (tertiary/aromatic N) is 1. The van der Waals surface area contributed by atoms with Crippen LogP contribution >= 0.6 is 55.2 Å². The summed E-state index contributed by atoms with van der Waals surface area (Å²) in [5, 5.41) is 10.2. The molecule has 9 heteroatoms. The first-order valence-electron chi connectivity index (χ1n) is 7.70. The lowest BCUT2D eigenvalue weighted by Crippen LogP contribution is -2.27. The summed E-state index contributed by atoms with van der Waals surface area (Å²) in [6.45, 7) is 2.16. The Balaban J connectivity index is 2.01. The Labute approximate surface area is 181 Å². The van der Waals surface area contributed by atoms with Crippen molar-refractivity contribution in [3.63, 3.8) is 0 Å². The summed E-state index contributed by atoms with van der Waals surface area (Å²) in [4.78, 5) is 26.5. The van der Waals surface area contributed by atoms with Gasteiger partial charge in [-0.1, -0.05) is 17.7 Å². The number of benzene rings is 2. The van der Waals surface area contributed by atoms with Gasteiger partial charge < -0.3 is 9.84 Å². The number of thioether (sulfide) groups is 1. The number of phenolic OH excluding ortho intramolecular Hbond substituents is 1. The zero-order valence-electron chi connectivity index (χ0n) is 13.8. The number of anilines is 1.